The van der Waals surface area contributed by atoms with Gasteiger partial charge in [0.2, 0.25) is 0 Å². The topological polar surface area (TPSA) is 56.8 Å². The van der Waals surface area contributed by atoms with Crippen LogP contribution >= 0.6 is 11.6 Å². The maximum atomic E-state index is 6.05. The molecule has 0 heterocycles. The Morgan fingerprint density at radius 1 is 1.29 bits per heavy atom. The van der Waals surface area contributed by atoms with Gasteiger partial charge in [0, 0.05) is 12.0 Å². The molecule has 0 radical (unpaired) electrons. The number of methoxy groups -OCH3 is 2. The van der Waals surface area contributed by atoms with Gasteiger partial charge in [0.1, 0.15) is 23.0 Å². The molecular weight excluding hydrogens is 240 g/mol. The number of benzene rings is 1. The summed E-state index contributed by atoms with van der Waals surface area (Å²) in [6, 6.07) is 3.41. The molecule has 1 aromatic rings. The van der Waals surface area contributed by atoms with E-state index in [1.165, 1.54) is 0 Å². The number of ether oxygens (including phenoxy) is 2. The number of hydrogen-bond donors (Lipinski definition) is 1. The Labute approximate surface area is 105 Å². The van der Waals surface area contributed by atoms with Gasteiger partial charge in [-0.05, 0) is 18.9 Å². The lowest BCUT2D eigenvalue weighted by molar-refractivity contribution is 0.395. The summed E-state index contributed by atoms with van der Waals surface area (Å²) in [6.45, 7) is 0. The largest absolute Gasteiger partial charge is 0.495 e. The van der Waals surface area contributed by atoms with Crippen LogP contribution in [0.15, 0.2) is 17.1 Å². The molecule has 0 atom stereocenters. The number of hydrogen-bond acceptors (Lipinski definition) is 3. The van der Waals surface area contributed by atoms with E-state index in [9.17, 15) is 0 Å². The Hall–Kier alpha value is -1.42. The molecule has 0 unspecified atom stereocenters. The zero-order valence-electron chi connectivity index (χ0n) is 9.87. The van der Waals surface area contributed by atoms with Crippen molar-refractivity contribution < 1.29 is 9.47 Å². The molecule has 2 N–H and O–H groups in total. The first-order valence-electron chi connectivity index (χ1n) is 5.41. The molecule has 0 aliphatic heterocycles. The highest BCUT2D eigenvalue weighted by atomic mass is 35.5. The lowest BCUT2D eigenvalue weighted by Gasteiger charge is -2.09. The Bertz CT molecular complexity index is 456. The van der Waals surface area contributed by atoms with Crippen LogP contribution in [0.5, 0.6) is 11.5 Å². The molecule has 17 heavy (non-hydrogen) atoms. The number of halogens is 1. The van der Waals surface area contributed by atoms with Crippen molar-refractivity contribution in [1.29, 1.82) is 0 Å². The summed E-state index contributed by atoms with van der Waals surface area (Å²) in [5.74, 6) is 2.23. The monoisotopic (exact) mass is 254 g/mol. The Morgan fingerprint density at radius 3 is 2.47 bits per heavy atom. The molecule has 1 aromatic carbocycles. The molecule has 1 saturated carbocycles. The Morgan fingerprint density at radius 2 is 1.94 bits per heavy atom. The van der Waals surface area contributed by atoms with Crippen LogP contribution in [0, 0.1) is 5.92 Å². The van der Waals surface area contributed by atoms with Gasteiger partial charge in [0.05, 0.1) is 19.2 Å². The molecule has 0 amide bonds. The predicted molar refractivity (Wildman–Crippen MR) is 68.6 cm³/mol. The minimum absolute atomic E-state index is 0.417. The standard InChI is InChI=1S/C12H15ClN2O2/c1-16-10-6-11(17-2)9(5-8(10)13)15-12(14)7-3-4-7/h5-7H,3-4H2,1-2H3,(H2,14,15). The highest BCUT2D eigenvalue weighted by Gasteiger charge is 2.25. The molecule has 0 saturated heterocycles. The lowest BCUT2D eigenvalue weighted by atomic mass is 10.2. The minimum atomic E-state index is 0.417. The molecule has 92 valence electrons. The number of amidine groups is 1. The third-order valence-corrected chi connectivity index (χ3v) is 2.99. The molecule has 1 fully saturated rings. The summed E-state index contributed by atoms with van der Waals surface area (Å²) >= 11 is 6.05. The smallest absolute Gasteiger partial charge is 0.148 e. The van der Waals surface area contributed by atoms with Crippen molar-refractivity contribution in [2.75, 3.05) is 14.2 Å². The normalized spacial score (nSPS) is 15.8. The Balaban J connectivity index is 2.38. The van der Waals surface area contributed by atoms with Gasteiger partial charge in [-0.1, -0.05) is 11.6 Å². The van der Waals surface area contributed by atoms with E-state index in [0.29, 0.717) is 34.0 Å². The fourth-order valence-electron chi connectivity index (χ4n) is 1.54. The second-order valence-electron chi connectivity index (χ2n) is 3.97. The van der Waals surface area contributed by atoms with E-state index in [2.05, 4.69) is 4.99 Å². The zero-order chi connectivity index (χ0) is 12.4. The van der Waals surface area contributed by atoms with Crippen molar-refractivity contribution in [2.24, 2.45) is 16.6 Å². The van der Waals surface area contributed by atoms with Crippen molar-refractivity contribution >= 4 is 23.1 Å². The van der Waals surface area contributed by atoms with E-state index in [0.717, 1.165) is 12.8 Å². The van der Waals surface area contributed by atoms with E-state index in [-0.39, 0.29) is 0 Å². The van der Waals surface area contributed by atoms with Crippen LogP contribution in [0.2, 0.25) is 5.02 Å². The quantitative estimate of drug-likeness (QED) is 0.664. The van der Waals surface area contributed by atoms with Gasteiger partial charge in [0.15, 0.2) is 0 Å². The van der Waals surface area contributed by atoms with Crippen molar-refractivity contribution in [1.82, 2.24) is 0 Å². The van der Waals surface area contributed by atoms with E-state index < -0.39 is 0 Å². The van der Waals surface area contributed by atoms with E-state index in [1.54, 1.807) is 26.4 Å². The highest BCUT2D eigenvalue weighted by molar-refractivity contribution is 6.32. The number of rotatable bonds is 4. The fourth-order valence-corrected chi connectivity index (χ4v) is 1.78. The van der Waals surface area contributed by atoms with Crippen molar-refractivity contribution in [3.05, 3.63) is 17.2 Å². The zero-order valence-corrected chi connectivity index (χ0v) is 10.6. The van der Waals surface area contributed by atoms with Crippen LogP contribution in [0.3, 0.4) is 0 Å². The van der Waals surface area contributed by atoms with Crippen LogP contribution in [-0.4, -0.2) is 20.1 Å². The molecule has 0 aromatic heterocycles. The SMILES string of the molecule is COc1cc(OC)c(N=C(N)C2CC2)cc1Cl. The van der Waals surface area contributed by atoms with Gasteiger partial charge >= 0.3 is 0 Å². The summed E-state index contributed by atoms with van der Waals surface area (Å²) in [4.78, 5) is 4.36. The molecule has 1 aliphatic rings. The van der Waals surface area contributed by atoms with Gasteiger partial charge in [-0.15, -0.1) is 0 Å². The Kier molecular flexibility index (Phi) is 3.43. The molecule has 5 heteroatoms. The summed E-state index contributed by atoms with van der Waals surface area (Å²) in [6.07, 6.45) is 2.23. The molecule has 4 nitrogen and oxygen atoms in total. The van der Waals surface area contributed by atoms with Gasteiger partial charge < -0.3 is 15.2 Å². The number of aliphatic imine (C=N–C) groups is 1. The summed E-state index contributed by atoms with van der Waals surface area (Å²) in [5.41, 5.74) is 6.52. The maximum absolute atomic E-state index is 6.05. The number of nitrogens with zero attached hydrogens (tertiary/aromatic N) is 1. The van der Waals surface area contributed by atoms with Crippen molar-refractivity contribution in [2.45, 2.75) is 12.8 Å². The lowest BCUT2D eigenvalue weighted by Crippen LogP contribution is -2.13. The van der Waals surface area contributed by atoms with Gasteiger partial charge in [-0.2, -0.15) is 0 Å². The van der Waals surface area contributed by atoms with Gasteiger partial charge in [0.25, 0.3) is 0 Å². The van der Waals surface area contributed by atoms with Crippen molar-refractivity contribution in [3.8, 4) is 11.5 Å². The average molecular weight is 255 g/mol. The maximum Gasteiger partial charge on any atom is 0.148 e. The second-order valence-corrected chi connectivity index (χ2v) is 4.38. The molecular formula is C12H15ClN2O2. The van der Waals surface area contributed by atoms with Crippen molar-refractivity contribution in [3.63, 3.8) is 0 Å². The predicted octanol–water partition coefficient (Wildman–Crippen LogP) is 2.76. The fraction of sp³-hybridized carbons (Fsp3) is 0.417. The first-order chi connectivity index (χ1) is 8.15. The first kappa shape index (κ1) is 12.0. The third kappa shape index (κ3) is 2.64. The average Bonchev–Trinajstić information content (AvgIpc) is 3.13. The van der Waals surface area contributed by atoms with Crippen LogP contribution in [0.4, 0.5) is 5.69 Å². The summed E-state index contributed by atoms with van der Waals surface area (Å²) in [7, 11) is 3.14. The van der Waals surface area contributed by atoms with E-state index >= 15 is 0 Å². The first-order valence-corrected chi connectivity index (χ1v) is 5.79. The molecule has 2 rings (SSSR count). The van der Waals surface area contributed by atoms with E-state index in [1.807, 2.05) is 0 Å². The van der Waals surface area contributed by atoms with Crippen LogP contribution in [0.1, 0.15) is 12.8 Å². The highest BCUT2D eigenvalue weighted by Crippen LogP contribution is 2.39. The molecule has 0 spiro atoms. The molecule has 0 bridgehead atoms. The van der Waals surface area contributed by atoms with E-state index in [4.69, 9.17) is 26.8 Å². The van der Waals surface area contributed by atoms with Gasteiger partial charge in [-0.3, -0.25) is 0 Å². The summed E-state index contributed by atoms with van der Waals surface area (Å²) in [5, 5.41) is 0.496. The number of nitrogens with two attached hydrogens (primary N) is 1. The van der Waals surface area contributed by atoms with Crippen LogP contribution in [0.25, 0.3) is 0 Å². The summed E-state index contributed by atoms with van der Waals surface area (Å²) < 4.78 is 10.4. The van der Waals surface area contributed by atoms with Gasteiger partial charge in [-0.25, -0.2) is 4.99 Å². The molecule has 1 aliphatic carbocycles. The second kappa shape index (κ2) is 4.84. The minimum Gasteiger partial charge on any atom is -0.495 e. The van der Waals surface area contributed by atoms with Crippen LogP contribution < -0.4 is 15.2 Å². The third-order valence-electron chi connectivity index (χ3n) is 2.70. The van der Waals surface area contributed by atoms with Crippen LogP contribution in [-0.2, 0) is 0 Å².